The minimum absolute atomic E-state index is 0.0265. The molecule has 2 aromatic heterocycles. The lowest BCUT2D eigenvalue weighted by molar-refractivity contribution is -0.152. The third-order valence-corrected chi connectivity index (χ3v) is 6.86. The summed E-state index contributed by atoms with van der Waals surface area (Å²) in [5, 5.41) is 3.47. The van der Waals surface area contributed by atoms with Gasteiger partial charge in [-0.3, -0.25) is 4.90 Å². The molecule has 0 radical (unpaired) electrons. The Kier molecular flexibility index (Phi) is 7.14. The van der Waals surface area contributed by atoms with Gasteiger partial charge in [0, 0.05) is 38.3 Å². The van der Waals surface area contributed by atoms with Crippen molar-refractivity contribution in [3.8, 4) is 0 Å². The van der Waals surface area contributed by atoms with Gasteiger partial charge in [-0.05, 0) is 64.2 Å². The first-order chi connectivity index (χ1) is 16.5. The first kappa shape index (κ1) is 25.1. The lowest BCUT2D eigenvalue weighted by atomic mass is 9.85. The van der Waals surface area contributed by atoms with Crippen molar-refractivity contribution in [2.24, 2.45) is 11.7 Å². The summed E-state index contributed by atoms with van der Waals surface area (Å²) < 4.78 is 45.1. The van der Waals surface area contributed by atoms with Crippen LogP contribution in [0.15, 0.2) is 10.5 Å². The van der Waals surface area contributed by atoms with E-state index in [4.69, 9.17) is 20.1 Å². The fourth-order valence-corrected chi connectivity index (χ4v) is 5.15. The Morgan fingerprint density at radius 2 is 1.86 bits per heavy atom. The average Bonchev–Trinajstić information content (AvgIpc) is 3.19. The van der Waals surface area contributed by atoms with Gasteiger partial charge in [-0.15, -0.1) is 0 Å². The fourth-order valence-electron chi connectivity index (χ4n) is 5.15. The van der Waals surface area contributed by atoms with Crippen LogP contribution in [-0.2, 0) is 19.0 Å². The third kappa shape index (κ3) is 5.65. The molecular formula is C24H33F3N6O2. The van der Waals surface area contributed by atoms with Gasteiger partial charge in [-0.1, -0.05) is 0 Å². The number of nitrogens with one attached hydrogen (secondary N) is 1. The molecule has 0 spiro atoms. The molecule has 2 amide bonds. The second-order valence-electron chi connectivity index (χ2n) is 9.78. The van der Waals surface area contributed by atoms with Gasteiger partial charge in [0.25, 0.3) is 0 Å². The number of primary amides is 1. The number of nitrogens with zero attached hydrogens (tertiary/aromatic N) is 4. The standard InChI is InChI=1S/C24H33F3N6O2/c1-14-12-19(20(35-14)24(25,26)27)33(22(28)34)13-15-8-10-16(11-9-15)29-23-30-18-7-5-4-6-17(18)21(31-23)32(2)3/h12,15-16H,4-11,13H2,1-3H3,(H2,28,34)(H,29,30,31)/t15-,16+. The van der Waals surface area contributed by atoms with Crippen molar-refractivity contribution in [2.75, 3.05) is 35.8 Å². The number of aryl methyl sites for hydroxylation is 2. The van der Waals surface area contributed by atoms with Crippen LogP contribution in [0.4, 0.5) is 35.4 Å². The molecule has 2 heterocycles. The van der Waals surface area contributed by atoms with Crippen molar-refractivity contribution in [1.82, 2.24) is 9.97 Å². The Morgan fingerprint density at radius 3 is 2.49 bits per heavy atom. The van der Waals surface area contributed by atoms with Crippen LogP contribution in [0.25, 0.3) is 0 Å². The monoisotopic (exact) mass is 494 g/mol. The van der Waals surface area contributed by atoms with E-state index >= 15 is 0 Å². The summed E-state index contributed by atoms with van der Waals surface area (Å²) in [6.07, 6.45) is 2.60. The molecule has 192 valence electrons. The number of fused-ring (bicyclic) bond motifs is 1. The fraction of sp³-hybridized carbons (Fsp3) is 0.625. The van der Waals surface area contributed by atoms with Gasteiger partial charge in [-0.25, -0.2) is 9.78 Å². The zero-order valence-corrected chi connectivity index (χ0v) is 20.4. The topological polar surface area (TPSA) is 101 Å². The Hall–Kier alpha value is -2.98. The van der Waals surface area contributed by atoms with Crippen molar-refractivity contribution in [2.45, 2.75) is 70.5 Å². The van der Waals surface area contributed by atoms with Crippen LogP contribution in [-0.4, -0.2) is 42.7 Å². The number of nitrogens with two attached hydrogens (primary N) is 1. The summed E-state index contributed by atoms with van der Waals surface area (Å²) in [5.41, 5.74) is 7.50. The molecule has 1 saturated carbocycles. The third-order valence-electron chi connectivity index (χ3n) is 6.86. The van der Waals surface area contributed by atoms with Crippen LogP contribution >= 0.6 is 0 Å². The summed E-state index contributed by atoms with van der Waals surface area (Å²) >= 11 is 0. The number of hydrogen-bond donors (Lipinski definition) is 2. The minimum Gasteiger partial charge on any atom is -0.455 e. The second kappa shape index (κ2) is 9.94. The van der Waals surface area contributed by atoms with E-state index in [1.54, 1.807) is 0 Å². The number of carbonyl (C=O) groups is 1. The molecule has 0 aliphatic heterocycles. The van der Waals surface area contributed by atoms with Crippen molar-refractivity contribution >= 4 is 23.5 Å². The summed E-state index contributed by atoms with van der Waals surface area (Å²) in [6.45, 7) is 1.53. The molecule has 1 fully saturated rings. The molecule has 4 rings (SSSR count). The maximum Gasteiger partial charge on any atom is 0.451 e. The predicted octanol–water partition coefficient (Wildman–Crippen LogP) is 4.90. The number of furan rings is 1. The van der Waals surface area contributed by atoms with E-state index in [1.165, 1.54) is 18.6 Å². The average molecular weight is 495 g/mol. The maximum atomic E-state index is 13.4. The van der Waals surface area contributed by atoms with Gasteiger partial charge < -0.3 is 20.4 Å². The zero-order valence-electron chi connectivity index (χ0n) is 20.4. The van der Waals surface area contributed by atoms with E-state index in [0.29, 0.717) is 5.95 Å². The maximum absolute atomic E-state index is 13.4. The number of amides is 2. The first-order valence-corrected chi connectivity index (χ1v) is 12.1. The molecule has 0 saturated heterocycles. The number of halogens is 3. The molecule has 0 unspecified atom stereocenters. The van der Waals surface area contributed by atoms with Crippen molar-refractivity contribution in [1.29, 1.82) is 0 Å². The van der Waals surface area contributed by atoms with Crippen molar-refractivity contribution in [3.63, 3.8) is 0 Å². The molecule has 0 atom stereocenters. The highest BCUT2D eigenvalue weighted by Crippen LogP contribution is 2.40. The second-order valence-corrected chi connectivity index (χ2v) is 9.78. The minimum atomic E-state index is -4.71. The van der Waals surface area contributed by atoms with E-state index in [-0.39, 0.29) is 30.0 Å². The van der Waals surface area contributed by atoms with Gasteiger partial charge in [0.05, 0.1) is 11.4 Å². The molecule has 2 aromatic rings. The van der Waals surface area contributed by atoms with Gasteiger partial charge in [0.15, 0.2) is 0 Å². The first-order valence-electron chi connectivity index (χ1n) is 12.1. The molecule has 35 heavy (non-hydrogen) atoms. The number of rotatable bonds is 6. The molecule has 8 nitrogen and oxygen atoms in total. The highest BCUT2D eigenvalue weighted by molar-refractivity contribution is 5.91. The summed E-state index contributed by atoms with van der Waals surface area (Å²) in [4.78, 5) is 24.6. The zero-order chi connectivity index (χ0) is 25.3. The molecule has 0 aromatic carbocycles. The molecule has 11 heteroatoms. The molecule has 3 N–H and O–H groups in total. The highest BCUT2D eigenvalue weighted by atomic mass is 19.4. The number of urea groups is 1. The smallest absolute Gasteiger partial charge is 0.451 e. The Balaban J connectivity index is 1.41. The van der Waals surface area contributed by atoms with Gasteiger partial charge in [-0.2, -0.15) is 18.2 Å². The number of hydrogen-bond acceptors (Lipinski definition) is 6. The molecular weight excluding hydrogens is 461 g/mol. The van der Waals surface area contributed by atoms with Gasteiger partial charge >= 0.3 is 12.2 Å². The summed E-state index contributed by atoms with van der Waals surface area (Å²) in [5.74, 6) is 0.497. The van der Waals surface area contributed by atoms with E-state index < -0.39 is 18.0 Å². The Morgan fingerprint density at radius 1 is 1.17 bits per heavy atom. The van der Waals surface area contributed by atoms with Gasteiger partial charge in [0.2, 0.25) is 11.7 Å². The van der Waals surface area contributed by atoms with Crippen molar-refractivity contribution in [3.05, 3.63) is 28.8 Å². The largest absolute Gasteiger partial charge is 0.455 e. The summed E-state index contributed by atoms with van der Waals surface area (Å²) in [6, 6.07) is 0.457. The van der Waals surface area contributed by atoms with Crippen LogP contribution < -0.4 is 20.9 Å². The molecule has 2 aliphatic carbocycles. The molecule has 0 bridgehead atoms. The highest BCUT2D eigenvalue weighted by Gasteiger charge is 2.41. The van der Waals surface area contributed by atoms with Crippen LogP contribution in [0.1, 0.15) is 61.3 Å². The number of aromatic nitrogens is 2. The number of alkyl halides is 3. The van der Waals surface area contributed by atoms with E-state index in [1.807, 2.05) is 19.0 Å². The Labute approximate surface area is 203 Å². The predicted molar refractivity (Wildman–Crippen MR) is 128 cm³/mol. The van der Waals surface area contributed by atoms with E-state index in [9.17, 15) is 18.0 Å². The van der Waals surface area contributed by atoms with E-state index in [0.717, 1.165) is 67.8 Å². The number of carbonyl (C=O) groups excluding carboxylic acids is 1. The van der Waals surface area contributed by atoms with E-state index in [2.05, 4.69) is 5.32 Å². The van der Waals surface area contributed by atoms with Gasteiger partial charge in [0.1, 0.15) is 11.6 Å². The van der Waals surface area contributed by atoms with Crippen LogP contribution in [0.5, 0.6) is 0 Å². The lowest BCUT2D eigenvalue weighted by Gasteiger charge is -2.32. The van der Waals surface area contributed by atoms with Crippen LogP contribution in [0.3, 0.4) is 0 Å². The quantitative estimate of drug-likeness (QED) is 0.593. The SMILES string of the molecule is Cc1cc(N(C[C@H]2CC[C@@H](Nc3nc4c(c(N(C)C)n3)CCCC4)CC2)C(N)=O)c(C(F)(F)F)o1. The van der Waals surface area contributed by atoms with Crippen LogP contribution in [0, 0.1) is 12.8 Å². The van der Waals surface area contributed by atoms with Crippen LogP contribution in [0.2, 0.25) is 0 Å². The summed E-state index contributed by atoms with van der Waals surface area (Å²) in [7, 11) is 3.98. The Bertz CT molecular complexity index is 1060. The molecule has 2 aliphatic rings. The van der Waals surface area contributed by atoms with Crippen molar-refractivity contribution < 1.29 is 22.4 Å². The lowest BCUT2D eigenvalue weighted by Crippen LogP contribution is -2.41. The number of anilines is 3. The normalized spacial score (nSPS) is 20.3.